The summed E-state index contributed by atoms with van der Waals surface area (Å²) in [5, 5.41) is 0. The summed E-state index contributed by atoms with van der Waals surface area (Å²) in [5.41, 5.74) is 0. The van der Waals surface area contributed by atoms with Crippen LogP contribution in [0.25, 0.3) is 0 Å². The molecular weight excluding hydrogens is 117 g/mol. The Morgan fingerprint density at radius 2 is 2.50 bits per heavy atom. The summed E-state index contributed by atoms with van der Waals surface area (Å²) >= 11 is 1.95. The van der Waals surface area contributed by atoms with Gasteiger partial charge in [0.2, 0.25) is 0 Å². The van der Waals surface area contributed by atoms with E-state index in [-0.39, 0.29) is 0 Å². The van der Waals surface area contributed by atoms with Crippen molar-refractivity contribution in [2.24, 2.45) is 0 Å². The van der Waals surface area contributed by atoms with E-state index in [0.29, 0.717) is 5.94 Å². The van der Waals surface area contributed by atoms with Crippen molar-refractivity contribution in [3.8, 4) is 0 Å². The maximum Gasteiger partial charge on any atom is 0.0910 e. The second kappa shape index (κ2) is 2.78. The zero-order valence-electron chi connectivity index (χ0n) is 5.13. The Balaban J connectivity index is 2.28. The predicted octanol–water partition coefficient (Wildman–Crippen LogP) is 0.507. The first-order chi connectivity index (χ1) is 3.80. The normalized spacial score (nSPS) is 32.9. The third-order valence-electron chi connectivity index (χ3n) is 1.42. The lowest BCUT2D eigenvalue weighted by Gasteiger charge is -2.29. The molecule has 0 aromatic rings. The van der Waals surface area contributed by atoms with Crippen LogP contribution in [0.1, 0.15) is 6.42 Å². The third-order valence-corrected chi connectivity index (χ3v) is 2.53. The van der Waals surface area contributed by atoms with Gasteiger partial charge in [-0.05, 0) is 25.2 Å². The lowest BCUT2D eigenvalue weighted by atomic mass is 9.93. The number of hydrogen-bond donors (Lipinski definition) is 0. The van der Waals surface area contributed by atoms with Gasteiger partial charge < -0.3 is 4.90 Å². The molecule has 0 aromatic heterocycles. The first-order valence-electron chi connectivity index (χ1n) is 2.84. The molecule has 2 radical (unpaired) electrons. The van der Waals surface area contributed by atoms with Crippen molar-refractivity contribution in [3.05, 3.63) is 0 Å². The van der Waals surface area contributed by atoms with Gasteiger partial charge in [-0.1, -0.05) is 0 Å². The number of rotatable bonds is 0. The van der Waals surface area contributed by atoms with Crippen LogP contribution in [0.2, 0.25) is 0 Å². The Morgan fingerprint density at radius 1 is 1.75 bits per heavy atom. The molecular formula is C5H10BNS. The smallest absolute Gasteiger partial charge is 0.0910 e. The molecule has 1 atom stereocenters. The van der Waals surface area contributed by atoms with Crippen LogP contribution in [0, 0.1) is 0 Å². The summed E-state index contributed by atoms with van der Waals surface area (Å²) in [4.78, 5) is 2.17. The van der Waals surface area contributed by atoms with Crippen molar-refractivity contribution >= 4 is 19.6 Å². The Labute approximate surface area is 56.2 Å². The van der Waals surface area contributed by atoms with Gasteiger partial charge in [-0.25, -0.2) is 0 Å². The molecule has 1 saturated heterocycles. The van der Waals surface area contributed by atoms with Crippen molar-refractivity contribution in [3.63, 3.8) is 0 Å². The van der Waals surface area contributed by atoms with Crippen molar-refractivity contribution in [2.75, 3.05) is 18.7 Å². The van der Waals surface area contributed by atoms with Gasteiger partial charge >= 0.3 is 0 Å². The first-order valence-corrected chi connectivity index (χ1v) is 4.00. The average molecular weight is 127 g/mol. The molecule has 0 spiro atoms. The summed E-state index contributed by atoms with van der Waals surface area (Å²) < 4.78 is 0. The van der Waals surface area contributed by atoms with Crippen LogP contribution in [-0.4, -0.2) is 37.4 Å². The Hall–Kier alpha value is 0.375. The Morgan fingerprint density at radius 3 is 2.88 bits per heavy atom. The molecule has 1 aliphatic rings. The summed E-state index contributed by atoms with van der Waals surface area (Å²) in [6.07, 6.45) is 1.14. The molecule has 1 nitrogen and oxygen atoms in total. The van der Waals surface area contributed by atoms with Crippen molar-refractivity contribution < 1.29 is 0 Å². The monoisotopic (exact) mass is 127 g/mol. The zero-order chi connectivity index (χ0) is 5.98. The van der Waals surface area contributed by atoms with E-state index in [1.54, 1.807) is 0 Å². The maximum absolute atomic E-state index is 5.69. The van der Waals surface area contributed by atoms with Gasteiger partial charge in [-0.15, -0.1) is 11.8 Å². The third kappa shape index (κ3) is 1.42. The van der Waals surface area contributed by atoms with Crippen LogP contribution in [-0.2, 0) is 0 Å². The minimum atomic E-state index is 0.316. The SMILES string of the molecule is [B]C1CCSCN1C. The van der Waals surface area contributed by atoms with Crippen molar-refractivity contribution in [1.82, 2.24) is 4.90 Å². The number of thioether (sulfide) groups is 1. The molecule has 0 bridgehead atoms. The molecule has 0 N–H and O–H groups in total. The quantitative estimate of drug-likeness (QED) is 0.436. The van der Waals surface area contributed by atoms with Crippen molar-refractivity contribution in [1.29, 1.82) is 0 Å². The molecule has 8 heavy (non-hydrogen) atoms. The average Bonchev–Trinajstić information content (AvgIpc) is 1.77. The van der Waals surface area contributed by atoms with E-state index in [1.165, 1.54) is 5.75 Å². The molecule has 0 amide bonds. The van der Waals surface area contributed by atoms with E-state index in [9.17, 15) is 0 Å². The van der Waals surface area contributed by atoms with E-state index in [4.69, 9.17) is 7.85 Å². The summed E-state index contributed by atoms with van der Waals surface area (Å²) in [5.74, 6) is 2.64. The van der Waals surface area contributed by atoms with Gasteiger partial charge in [0.1, 0.15) is 0 Å². The molecule has 1 fully saturated rings. The zero-order valence-corrected chi connectivity index (χ0v) is 5.95. The van der Waals surface area contributed by atoms with Crippen LogP contribution in [0.5, 0.6) is 0 Å². The minimum Gasteiger partial charge on any atom is -0.303 e. The van der Waals surface area contributed by atoms with E-state index >= 15 is 0 Å². The fraction of sp³-hybridized carbons (Fsp3) is 1.00. The second-order valence-electron chi connectivity index (χ2n) is 2.15. The highest BCUT2D eigenvalue weighted by Crippen LogP contribution is 2.15. The summed E-state index contributed by atoms with van der Waals surface area (Å²) in [6, 6.07) is 0. The number of hydrogen-bond acceptors (Lipinski definition) is 2. The maximum atomic E-state index is 5.69. The van der Waals surface area contributed by atoms with E-state index in [1.807, 2.05) is 11.8 Å². The topological polar surface area (TPSA) is 3.24 Å². The van der Waals surface area contributed by atoms with Crippen LogP contribution < -0.4 is 0 Å². The Bertz CT molecular complexity index is 68.8. The minimum absolute atomic E-state index is 0.316. The molecule has 0 saturated carbocycles. The molecule has 0 aliphatic carbocycles. The van der Waals surface area contributed by atoms with Crippen LogP contribution in [0.15, 0.2) is 0 Å². The first kappa shape index (κ1) is 6.49. The van der Waals surface area contributed by atoms with Crippen molar-refractivity contribution in [2.45, 2.75) is 12.4 Å². The molecule has 44 valence electrons. The predicted molar refractivity (Wildman–Crippen MR) is 39.2 cm³/mol. The van der Waals surface area contributed by atoms with Crippen LogP contribution in [0.4, 0.5) is 0 Å². The lowest BCUT2D eigenvalue weighted by Crippen LogP contribution is -2.35. The molecule has 1 aliphatic heterocycles. The van der Waals surface area contributed by atoms with Gasteiger partial charge in [0.15, 0.2) is 0 Å². The molecule has 1 heterocycles. The largest absolute Gasteiger partial charge is 0.303 e. The fourth-order valence-electron chi connectivity index (χ4n) is 0.729. The highest BCUT2D eigenvalue weighted by molar-refractivity contribution is 7.99. The van der Waals surface area contributed by atoms with Gasteiger partial charge in [0.25, 0.3) is 0 Å². The van der Waals surface area contributed by atoms with Gasteiger partial charge in [-0.3, -0.25) is 0 Å². The van der Waals surface area contributed by atoms with E-state index in [0.717, 1.165) is 12.3 Å². The molecule has 1 rings (SSSR count). The van der Waals surface area contributed by atoms with Gasteiger partial charge in [0.05, 0.1) is 7.85 Å². The Kier molecular flexibility index (Phi) is 2.26. The van der Waals surface area contributed by atoms with E-state index in [2.05, 4.69) is 11.9 Å². The lowest BCUT2D eigenvalue weighted by molar-refractivity contribution is 0.345. The molecule has 0 aromatic carbocycles. The fourth-order valence-corrected chi connectivity index (χ4v) is 1.75. The van der Waals surface area contributed by atoms with Gasteiger partial charge in [-0.2, -0.15) is 0 Å². The number of nitrogens with zero attached hydrogens (tertiary/aromatic N) is 1. The highest BCUT2D eigenvalue weighted by Gasteiger charge is 2.12. The second-order valence-corrected chi connectivity index (χ2v) is 3.23. The van der Waals surface area contributed by atoms with Gasteiger partial charge in [0, 0.05) is 5.88 Å². The molecule has 1 unspecified atom stereocenters. The molecule has 3 heteroatoms. The highest BCUT2D eigenvalue weighted by atomic mass is 32.2. The standard InChI is InChI=1S/C5H10BNS/c1-7-4-8-3-2-5(7)6/h5H,2-4H2,1H3. The van der Waals surface area contributed by atoms with E-state index < -0.39 is 0 Å². The summed E-state index contributed by atoms with van der Waals surface area (Å²) in [7, 11) is 7.76. The summed E-state index contributed by atoms with van der Waals surface area (Å²) in [6.45, 7) is 0. The van der Waals surface area contributed by atoms with Crippen LogP contribution in [0.3, 0.4) is 0 Å². The van der Waals surface area contributed by atoms with Crippen LogP contribution >= 0.6 is 11.8 Å².